The molecule has 0 bridgehead atoms. The van der Waals surface area contributed by atoms with Crippen molar-refractivity contribution in [3.8, 4) is 0 Å². The predicted octanol–water partition coefficient (Wildman–Crippen LogP) is 2.05. The SMILES string of the molecule is O=C1CC(c2c(F)ccc(F)c2F)CC(=O)O1. The summed E-state index contributed by atoms with van der Waals surface area (Å²) in [4.78, 5) is 22.0. The Bertz CT molecular complexity index is 483. The molecule has 1 aliphatic heterocycles. The van der Waals surface area contributed by atoms with Gasteiger partial charge in [0.25, 0.3) is 0 Å². The van der Waals surface area contributed by atoms with Gasteiger partial charge in [0.15, 0.2) is 11.6 Å². The van der Waals surface area contributed by atoms with Gasteiger partial charge in [-0.15, -0.1) is 0 Å². The summed E-state index contributed by atoms with van der Waals surface area (Å²) in [6.45, 7) is 0. The smallest absolute Gasteiger partial charge is 0.314 e. The molecule has 1 aromatic carbocycles. The number of benzene rings is 1. The molecule has 0 unspecified atom stereocenters. The van der Waals surface area contributed by atoms with E-state index in [-0.39, 0.29) is 12.8 Å². The maximum Gasteiger partial charge on any atom is 0.314 e. The molecule has 0 radical (unpaired) electrons. The van der Waals surface area contributed by atoms with Crippen LogP contribution in [0.15, 0.2) is 12.1 Å². The van der Waals surface area contributed by atoms with Crippen LogP contribution in [0.4, 0.5) is 13.2 Å². The Morgan fingerprint density at radius 2 is 1.53 bits per heavy atom. The molecule has 0 atom stereocenters. The van der Waals surface area contributed by atoms with Crippen LogP contribution in [-0.2, 0) is 14.3 Å². The first-order valence-electron chi connectivity index (χ1n) is 4.86. The largest absolute Gasteiger partial charge is 0.393 e. The van der Waals surface area contributed by atoms with E-state index < -0.39 is 40.9 Å². The second-order valence-electron chi connectivity index (χ2n) is 3.71. The lowest BCUT2D eigenvalue weighted by Crippen LogP contribution is -2.25. The van der Waals surface area contributed by atoms with Gasteiger partial charge in [-0.1, -0.05) is 0 Å². The second-order valence-corrected chi connectivity index (χ2v) is 3.71. The average molecular weight is 244 g/mol. The highest BCUT2D eigenvalue weighted by Gasteiger charge is 2.32. The standard InChI is InChI=1S/C11H7F3O3/c12-6-1-2-7(13)11(14)10(6)5-3-8(15)17-9(16)4-5/h1-2,5H,3-4H2. The fourth-order valence-corrected chi connectivity index (χ4v) is 1.81. The van der Waals surface area contributed by atoms with Crippen molar-refractivity contribution in [2.75, 3.05) is 0 Å². The number of carbonyl (C=O) groups is 2. The molecule has 0 saturated carbocycles. The van der Waals surface area contributed by atoms with Gasteiger partial charge in [-0.25, -0.2) is 13.2 Å². The van der Waals surface area contributed by atoms with Crippen molar-refractivity contribution in [2.45, 2.75) is 18.8 Å². The Kier molecular flexibility index (Phi) is 2.87. The van der Waals surface area contributed by atoms with E-state index in [9.17, 15) is 22.8 Å². The van der Waals surface area contributed by atoms with Crippen molar-refractivity contribution in [2.24, 2.45) is 0 Å². The quantitative estimate of drug-likeness (QED) is 0.431. The summed E-state index contributed by atoms with van der Waals surface area (Å²) in [6.07, 6.45) is -0.688. The molecule has 90 valence electrons. The zero-order valence-corrected chi connectivity index (χ0v) is 8.50. The minimum atomic E-state index is -1.36. The first kappa shape index (κ1) is 11.6. The number of halogens is 3. The maximum atomic E-state index is 13.4. The number of rotatable bonds is 1. The summed E-state index contributed by atoms with van der Waals surface area (Å²) < 4.78 is 44.0. The third-order valence-corrected chi connectivity index (χ3v) is 2.54. The van der Waals surface area contributed by atoms with Crippen LogP contribution in [0.25, 0.3) is 0 Å². The molecule has 2 rings (SSSR count). The zero-order valence-electron chi connectivity index (χ0n) is 8.50. The molecular formula is C11H7F3O3. The molecule has 1 fully saturated rings. The lowest BCUT2D eigenvalue weighted by Gasteiger charge is -2.20. The monoisotopic (exact) mass is 244 g/mol. The van der Waals surface area contributed by atoms with Gasteiger partial charge in [0, 0.05) is 11.5 Å². The second kappa shape index (κ2) is 4.20. The maximum absolute atomic E-state index is 13.4. The fourth-order valence-electron chi connectivity index (χ4n) is 1.81. The number of hydrogen-bond acceptors (Lipinski definition) is 3. The molecule has 3 nitrogen and oxygen atoms in total. The van der Waals surface area contributed by atoms with Gasteiger partial charge in [-0.2, -0.15) is 0 Å². The minimum absolute atomic E-state index is 0.344. The fraction of sp³-hybridized carbons (Fsp3) is 0.273. The van der Waals surface area contributed by atoms with Crippen LogP contribution >= 0.6 is 0 Å². The lowest BCUT2D eigenvalue weighted by molar-refractivity contribution is -0.164. The molecule has 0 amide bonds. The molecule has 0 N–H and O–H groups in total. The van der Waals surface area contributed by atoms with E-state index in [1.165, 1.54) is 0 Å². The summed E-state index contributed by atoms with van der Waals surface area (Å²) in [5, 5.41) is 0. The van der Waals surface area contributed by atoms with Crippen molar-refractivity contribution in [1.82, 2.24) is 0 Å². The number of ether oxygens (including phenoxy) is 1. The van der Waals surface area contributed by atoms with Gasteiger partial charge >= 0.3 is 11.9 Å². The highest BCUT2D eigenvalue weighted by Crippen LogP contribution is 2.32. The molecule has 1 aliphatic rings. The third-order valence-electron chi connectivity index (χ3n) is 2.54. The van der Waals surface area contributed by atoms with E-state index in [2.05, 4.69) is 4.74 Å². The molecular weight excluding hydrogens is 237 g/mol. The van der Waals surface area contributed by atoms with Gasteiger partial charge in [-0.05, 0) is 12.1 Å². The van der Waals surface area contributed by atoms with E-state index in [0.717, 1.165) is 6.07 Å². The Morgan fingerprint density at radius 3 is 2.12 bits per heavy atom. The minimum Gasteiger partial charge on any atom is -0.393 e. The normalized spacial score (nSPS) is 17.1. The first-order valence-corrected chi connectivity index (χ1v) is 4.86. The van der Waals surface area contributed by atoms with Gasteiger partial charge < -0.3 is 4.74 Å². The highest BCUT2D eigenvalue weighted by atomic mass is 19.2. The summed E-state index contributed by atoms with van der Waals surface area (Å²) in [7, 11) is 0. The Hall–Kier alpha value is -1.85. The van der Waals surface area contributed by atoms with Crippen LogP contribution in [0.2, 0.25) is 0 Å². The van der Waals surface area contributed by atoms with Gasteiger partial charge in [0.1, 0.15) is 5.82 Å². The van der Waals surface area contributed by atoms with Crippen molar-refractivity contribution >= 4 is 11.9 Å². The Morgan fingerprint density at radius 1 is 1.00 bits per heavy atom. The van der Waals surface area contributed by atoms with Crippen molar-refractivity contribution in [3.63, 3.8) is 0 Å². The Balaban J connectivity index is 2.43. The highest BCUT2D eigenvalue weighted by molar-refractivity contribution is 5.89. The molecule has 0 aliphatic carbocycles. The topological polar surface area (TPSA) is 43.4 Å². The average Bonchev–Trinajstić information content (AvgIpc) is 2.23. The van der Waals surface area contributed by atoms with Crippen LogP contribution in [-0.4, -0.2) is 11.9 Å². The van der Waals surface area contributed by atoms with Crippen molar-refractivity contribution in [1.29, 1.82) is 0 Å². The van der Waals surface area contributed by atoms with Crippen molar-refractivity contribution < 1.29 is 27.5 Å². The summed E-state index contributed by atoms with van der Waals surface area (Å²) >= 11 is 0. The van der Waals surface area contributed by atoms with Crippen LogP contribution in [0.5, 0.6) is 0 Å². The number of esters is 2. The van der Waals surface area contributed by atoms with Crippen LogP contribution in [0, 0.1) is 17.5 Å². The van der Waals surface area contributed by atoms with E-state index in [0.29, 0.717) is 6.07 Å². The Labute approximate surface area is 94.2 Å². The molecule has 0 spiro atoms. The summed E-state index contributed by atoms with van der Waals surface area (Å²) in [6, 6.07) is 1.41. The number of carbonyl (C=O) groups excluding carboxylic acids is 2. The zero-order chi connectivity index (χ0) is 12.6. The van der Waals surface area contributed by atoms with Gasteiger partial charge in [-0.3, -0.25) is 9.59 Å². The van der Waals surface area contributed by atoms with Crippen LogP contribution < -0.4 is 0 Å². The summed E-state index contributed by atoms with van der Waals surface area (Å²) in [5.74, 6) is -6.30. The van der Waals surface area contributed by atoms with Crippen molar-refractivity contribution in [3.05, 3.63) is 35.1 Å². The van der Waals surface area contributed by atoms with E-state index in [1.807, 2.05) is 0 Å². The van der Waals surface area contributed by atoms with Crippen LogP contribution in [0.3, 0.4) is 0 Å². The molecule has 1 saturated heterocycles. The van der Waals surface area contributed by atoms with Gasteiger partial charge in [0.05, 0.1) is 12.8 Å². The lowest BCUT2D eigenvalue weighted by atomic mass is 9.90. The molecule has 1 heterocycles. The summed E-state index contributed by atoms with van der Waals surface area (Å²) in [5.41, 5.74) is -0.574. The molecule has 0 aromatic heterocycles. The molecule has 1 aromatic rings. The number of hydrogen-bond donors (Lipinski definition) is 0. The predicted molar refractivity (Wildman–Crippen MR) is 49.4 cm³/mol. The van der Waals surface area contributed by atoms with Crippen LogP contribution in [0.1, 0.15) is 24.3 Å². The molecule has 17 heavy (non-hydrogen) atoms. The van der Waals surface area contributed by atoms with E-state index >= 15 is 0 Å². The number of cyclic esters (lactones) is 2. The van der Waals surface area contributed by atoms with E-state index in [4.69, 9.17) is 0 Å². The third kappa shape index (κ3) is 2.15. The van der Waals surface area contributed by atoms with Gasteiger partial charge in [0.2, 0.25) is 0 Å². The van der Waals surface area contributed by atoms with E-state index in [1.54, 1.807) is 0 Å². The first-order chi connectivity index (χ1) is 7.99. The molecule has 6 heteroatoms.